The van der Waals surface area contributed by atoms with Crippen LogP contribution in [0.2, 0.25) is 0 Å². The lowest BCUT2D eigenvalue weighted by Crippen LogP contribution is -2.37. The molecule has 0 radical (unpaired) electrons. The molecule has 0 saturated heterocycles. The first-order valence-corrected chi connectivity index (χ1v) is 22.7. The minimum absolute atomic E-state index is 0.179. The van der Waals surface area contributed by atoms with Gasteiger partial charge in [-0.25, -0.2) is 0 Å². The molecule has 9 aromatic carbocycles. The lowest BCUT2D eigenvalue weighted by Gasteiger charge is -2.43. The van der Waals surface area contributed by atoms with E-state index >= 15 is 0 Å². The van der Waals surface area contributed by atoms with E-state index in [0.29, 0.717) is 0 Å². The number of aliphatic imine (C=N–C) groups is 1. The van der Waals surface area contributed by atoms with E-state index in [0.717, 1.165) is 35.5 Å². The summed E-state index contributed by atoms with van der Waals surface area (Å²) in [6.07, 6.45) is 1.81. The molecule has 2 unspecified atom stereocenters. The fraction of sp³-hybridized carbons (Fsp3) is 0.0984. The molecule has 0 saturated carbocycles. The van der Waals surface area contributed by atoms with Crippen molar-refractivity contribution < 1.29 is 0 Å². The standard InChI is InChI=1S/C61H45N3/c1-3-40-37-58-49(46-23-10-14-29-55(46)63(58)44-34-32-42(33-35-44)59-48(41-19-5-4-6-20-41)36-43-21-8-13-28-54(43)62-59)38-53(40)61(50-25-11-7-18-39(50)2)51-26-12-16-31-57(51)64-56-30-15-9-22-45(56)47-24-17-27-52(61)60(47)64/h4-35,37-38,48H,3,36H2,1-2H3. The molecule has 3 nitrogen and oxygen atoms in total. The van der Waals surface area contributed by atoms with Crippen LogP contribution >= 0.6 is 0 Å². The van der Waals surface area contributed by atoms with E-state index in [1.165, 1.54) is 93.8 Å². The number of para-hydroxylation sites is 5. The first kappa shape index (κ1) is 36.9. The number of rotatable bonds is 6. The van der Waals surface area contributed by atoms with E-state index < -0.39 is 5.41 Å². The Hall–Kier alpha value is -7.75. The number of nitrogens with zero attached hydrogens (tertiary/aromatic N) is 3. The molecule has 304 valence electrons. The van der Waals surface area contributed by atoms with Gasteiger partial charge in [0.2, 0.25) is 0 Å². The van der Waals surface area contributed by atoms with Gasteiger partial charge in [-0.3, -0.25) is 4.99 Å². The van der Waals surface area contributed by atoms with E-state index in [1.54, 1.807) is 0 Å². The molecule has 0 aliphatic carbocycles. The molecule has 2 aliphatic rings. The number of aromatic nitrogens is 2. The average molecular weight is 820 g/mol. The van der Waals surface area contributed by atoms with Crippen LogP contribution in [0.1, 0.15) is 62.9 Å². The van der Waals surface area contributed by atoms with Gasteiger partial charge in [0.1, 0.15) is 0 Å². The van der Waals surface area contributed by atoms with Crippen molar-refractivity contribution in [2.75, 3.05) is 0 Å². The van der Waals surface area contributed by atoms with Gasteiger partial charge in [-0.15, -0.1) is 0 Å². The second-order valence-corrected chi connectivity index (χ2v) is 17.7. The number of benzene rings is 9. The molecule has 0 fully saturated rings. The van der Waals surface area contributed by atoms with E-state index in [9.17, 15) is 0 Å². The summed E-state index contributed by atoms with van der Waals surface area (Å²) in [6, 6.07) is 76.9. The zero-order valence-electron chi connectivity index (χ0n) is 36.0. The molecule has 64 heavy (non-hydrogen) atoms. The van der Waals surface area contributed by atoms with Gasteiger partial charge in [0.25, 0.3) is 0 Å². The van der Waals surface area contributed by atoms with Crippen molar-refractivity contribution in [2.24, 2.45) is 4.99 Å². The highest BCUT2D eigenvalue weighted by Crippen LogP contribution is 2.56. The van der Waals surface area contributed by atoms with Crippen molar-refractivity contribution in [3.63, 3.8) is 0 Å². The highest BCUT2D eigenvalue weighted by molar-refractivity contribution is 6.14. The fourth-order valence-corrected chi connectivity index (χ4v) is 11.7. The summed E-state index contributed by atoms with van der Waals surface area (Å²) in [5.41, 5.74) is 20.6. The van der Waals surface area contributed by atoms with Crippen molar-refractivity contribution in [2.45, 2.75) is 38.0 Å². The van der Waals surface area contributed by atoms with Crippen LogP contribution in [-0.2, 0) is 18.3 Å². The van der Waals surface area contributed by atoms with Crippen molar-refractivity contribution in [1.29, 1.82) is 0 Å². The predicted molar refractivity (Wildman–Crippen MR) is 267 cm³/mol. The van der Waals surface area contributed by atoms with Crippen LogP contribution in [0.4, 0.5) is 5.69 Å². The van der Waals surface area contributed by atoms with E-state index in [-0.39, 0.29) is 5.92 Å². The largest absolute Gasteiger partial charge is 0.309 e. The SMILES string of the molecule is CCc1cc2c(cc1C1(c3ccccc3C)c3ccccc3-n3c4ccccc4c4cccc1c43)c1ccccc1n2-c1ccc(C2=Nc3ccccc3CC2c2ccccc2)cc1. The Balaban J connectivity index is 1.06. The van der Waals surface area contributed by atoms with Crippen LogP contribution < -0.4 is 0 Å². The zero-order valence-corrected chi connectivity index (χ0v) is 36.0. The third-order valence-corrected chi connectivity index (χ3v) is 14.5. The summed E-state index contributed by atoms with van der Waals surface area (Å²) in [5.74, 6) is 0.179. The Bertz CT molecular complexity index is 3700. The smallest absolute Gasteiger partial charge is 0.0748 e. The monoisotopic (exact) mass is 819 g/mol. The van der Waals surface area contributed by atoms with E-state index in [4.69, 9.17) is 4.99 Å². The molecule has 11 aromatic rings. The average Bonchev–Trinajstić information content (AvgIpc) is 3.87. The summed E-state index contributed by atoms with van der Waals surface area (Å²) >= 11 is 0. The molecule has 2 atom stereocenters. The minimum atomic E-state index is -0.592. The highest BCUT2D eigenvalue weighted by atomic mass is 15.0. The molecule has 0 bridgehead atoms. The molecular formula is C61H45N3. The van der Waals surface area contributed by atoms with Gasteiger partial charge in [0.05, 0.1) is 44.6 Å². The maximum Gasteiger partial charge on any atom is 0.0748 e. The third-order valence-electron chi connectivity index (χ3n) is 14.5. The summed E-state index contributed by atoms with van der Waals surface area (Å²) in [4.78, 5) is 5.34. The Morgan fingerprint density at radius 2 is 1.16 bits per heavy atom. The second-order valence-electron chi connectivity index (χ2n) is 17.7. The second kappa shape index (κ2) is 14.1. The first-order chi connectivity index (χ1) is 31.6. The van der Waals surface area contributed by atoms with Crippen molar-refractivity contribution >= 4 is 55.0 Å². The molecule has 13 rings (SSSR count). The van der Waals surface area contributed by atoms with Gasteiger partial charge in [-0.2, -0.15) is 0 Å². The van der Waals surface area contributed by atoms with Crippen LogP contribution in [0.5, 0.6) is 0 Å². The van der Waals surface area contributed by atoms with Crippen molar-refractivity contribution in [3.8, 4) is 11.4 Å². The Morgan fingerprint density at radius 1 is 0.516 bits per heavy atom. The maximum atomic E-state index is 5.34. The number of hydrogen-bond donors (Lipinski definition) is 0. The van der Waals surface area contributed by atoms with Crippen molar-refractivity contribution in [1.82, 2.24) is 9.13 Å². The molecular weight excluding hydrogens is 775 g/mol. The molecule has 2 aromatic heterocycles. The first-order valence-electron chi connectivity index (χ1n) is 22.7. The minimum Gasteiger partial charge on any atom is -0.309 e. The normalized spacial score (nSPS) is 16.6. The van der Waals surface area contributed by atoms with Gasteiger partial charge in [0.15, 0.2) is 0 Å². The highest BCUT2D eigenvalue weighted by Gasteiger charge is 2.47. The van der Waals surface area contributed by atoms with Crippen LogP contribution in [0.15, 0.2) is 211 Å². The van der Waals surface area contributed by atoms with Crippen LogP contribution in [0.3, 0.4) is 0 Å². The topological polar surface area (TPSA) is 22.2 Å². The van der Waals surface area contributed by atoms with Gasteiger partial charge in [-0.05, 0) is 118 Å². The number of aryl methyl sites for hydroxylation is 2. The summed E-state index contributed by atoms with van der Waals surface area (Å²) in [6.45, 7) is 4.62. The van der Waals surface area contributed by atoms with E-state index in [2.05, 4.69) is 229 Å². The molecule has 4 heterocycles. The van der Waals surface area contributed by atoms with Gasteiger partial charge >= 0.3 is 0 Å². The molecule has 2 aliphatic heterocycles. The Morgan fingerprint density at radius 3 is 1.95 bits per heavy atom. The van der Waals surface area contributed by atoms with Crippen LogP contribution in [0, 0.1) is 6.92 Å². The van der Waals surface area contributed by atoms with Gasteiger partial charge in [0, 0.05) is 33.2 Å². The summed E-state index contributed by atoms with van der Waals surface area (Å²) in [5, 5.41) is 5.08. The number of hydrogen-bond acceptors (Lipinski definition) is 1. The molecule has 3 heteroatoms. The maximum absolute atomic E-state index is 5.34. The lowest BCUT2D eigenvalue weighted by molar-refractivity contribution is 0.712. The quantitative estimate of drug-likeness (QED) is 0.159. The Labute approximate surface area is 373 Å². The fourth-order valence-electron chi connectivity index (χ4n) is 11.7. The third kappa shape index (κ3) is 5.12. The van der Waals surface area contributed by atoms with E-state index in [1.807, 2.05) is 0 Å². The lowest BCUT2D eigenvalue weighted by atomic mass is 9.61. The van der Waals surface area contributed by atoms with Crippen LogP contribution in [0.25, 0.3) is 55.0 Å². The van der Waals surface area contributed by atoms with Crippen molar-refractivity contribution in [3.05, 3.63) is 256 Å². The molecule has 0 spiro atoms. The number of fused-ring (bicyclic) bond motifs is 9. The molecule has 0 amide bonds. The van der Waals surface area contributed by atoms with Gasteiger partial charge in [-0.1, -0.05) is 165 Å². The summed E-state index contributed by atoms with van der Waals surface area (Å²) in [7, 11) is 0. The van der Waals surface area contributed by atoms with Crippen LogP contribution in [-0.4, -0.2) is 14.8 Å². The zero-order chi connectivity index (χ0) is 42.5. The summed E-state index contributed by atoms with van der Waals surface area (Å²) < 4.78 is 5.02. The molecule has 0 N–H and O–H groups in total. The predicted octanol–water partition coefficient (Wildman–Crippen LogP) is 14.9. The Kier molecular flexibility index (Phi) is 8.14. The van der Waals surface area contributed by atoms with Gasteiger partial charge < -0.3 is 9.13 Å².